The molecule has 0 aromatic rings. The van der Waals surface area contributed by atoms with E-state index in [9.17, 15) is 9.36 Å². The van der Waals surface area contributed by atoms with E-state index in [1.807, 2.05) is 0 Å². The van der Waals surface area contributed by atoms with E-state index in [2.05, 4.69) is 19.4 Å². The van der Waals surface area contributed by atoms with Crippen molar-refractivity contribution in [3.8, 4) is 0 Å². The lowest BCUT2D eigenvalue weighted by Crippen LogP contribution is -2.25. The lowest BCUT2D eigenvalue weighted by molar-refractivity contribution is -0.200. The monoisotopic (exact) mass is 359 g/mol. The zero-order valence-electron chi connectivity index (χ0n) is 13.8. The van der Waals surface area contributed by atoms with Crippen LogP contribution in [-0.2, 0) is 42.2 Å². The van der Waals surface area contributed by atoms with Gasteiger partial charge in [-0.05, 0) is 0 Å². The van der Waals surface area contributed by atoms with Gasteiger partial charge in [-0.2, -0.15) is 0 Å². The maximum absolute atomic E-state index is 11.6. The number of hydrogen-bond acceptors (Lipinski definition) is 9. The molecule has 1 unspecified atom stereocenters. The molecule has 23 heavy (non-hydrogen) atoms. The van der Waals surface area contributed by atoms with Crippen molar-refractivity contribution in [3.63, 3.8) is 0 Å². The molecular formula is C12H26NO9P. The molecule has 0 rings (SSSR count). The number of phosphoric acid groups is 1. The normalized spacial score (nSPS) is 13.7. The summed E-state index contributed by atoms with van der Waals surface area (Å²) < 4.78 is 41.1. The highest BCUT2D eigenvalue weighted by molar-refractivity contribution is 7.48. The van der Waals surface area contributed by atoms with E-state index in [4.69, 9.17) is 18.7 Å². The summed E-state index contributed by atoms with van der Waals surface area (Å²) in [6.45, 7) is 4.23. The second-order valence-electron chi connectivity index (χ2n) is 4.02. The first-order chi connectivity index (χ1) is 11.0. The molecule has 0 aliphatic rings. The van der Waals surface area contributed by atoms with Crippen molar-refractivity contribution in [2.75, 3.05) is 67.0 Å². The lowest BCUT2D eigenvalue weighted by Gasteiger charge is -2.13. The summed E-state index contributed by atoms with van der Waals surface area (Å²) in [4.78, 5) is 14.8. The number of rotatable bonds is 16. The number of amides is 1. The molecule has 0 saturated carbocycles. The molecule has 138 valence electrons. The number of hydrogen-bond donors (Lipinski definition) is 1. The van der Waals surface area contributed by atoms with Gasteiger partial charge in [-0.3, -0.25) is 13.8 Å². The van der Waals surface area contributed by atoms with Gasteiger partial charge in [-0.1, -0.05) is 0 Å². The first-order valence-electron chi connectivity index (χ1n) is 7.04. The van der Waals surface area contributed by atoms with Crippen LogP contribution in [0.4, 0.5) is 0 Å². The second kappa shape index (κ2) is 15.0. The van der Waals surface area contributed by atoms with Crippen molar-refractivity contribution in [1.82, 2.24) is 5.32 Å². The van der Waals surface area contributed by atoms with Gasteiger partial charge in [-0.25, -0.2) is 9.45 Å². The molecule has 0 fully saturated rings. The highest BCUT2D eigenvalue weighted by Gasteiger charge is 2.25. The van der Waals surface area contributed by atoms with Crippen LogP contribution in [0.1, 0.15) is 6.92 Å². The number of carbonyl (C=O) groups excluding carboxylic acids is 1. The van der Waals surface area contributed by atoms with Crippen LogP contribution in [0.2, 0.25) is 0 Å². The number of phosphoric ester groups is 1. The van der Waals surface area contributed by atoms with Crippen LogP contribution in [-0.4, -0.2) is 72.9 Å². The maximum atomic E-state index is 11.6. The summed E-state index contributed by atoms with van der Waals surface area (Å²) in [6.07, 6.45) is 0. The zero-order valence-corrected chi connectivity index (χ0v) is 14.7. The minimum atomic E-state index is -3.66. The van der Waals surface area contributed by atoms with Gasteiger partial charge in [0.25, 0.3) is 0 Å². The molecular weight excluding hydrogens is 333 g/mol. The third-order valence-corrected chi connectivity index (χ3v) is 3.51. The van der Waals surface area contributed by atoms with Crippen LogP contribution < -0.4 is 5.32 Å². The number of ether oxygens (including phenoxy) is 3. The molecule has 1 atom stereocenters. The minimum Gasteiger partial charge on any atom is -0.377 e. The Morgan fingerprint density at radius 2 is 1.43 bits per heavy atom. The Hall–Kier alpha value is -0.580. The fraction of sp³-hybridized carbons (Fsp3) is 0.917. The predicted molar refractivity (Wildman–Crippen MR) is 79.8 cm³/mol. The standard InChI is InChI=1S/C12H26NO9P/c1-12(14)13-4-5-18-6-7-19-8-9-20-10-11-21-23(15,17-3)22-16-2/h4-11H2,1-3H3,(H,13,14). The molecule has 10 nitrogen and oxygen atoms in total. The summed E-state index contributed by atoms with van der Waals surface area (Å²) in [5.74, 6) is -0.0818. The Kier molecular flexibility index (Phi) is 14.6. The molecule has 1 N–H and O–H groups in total. The van der Waals surface area contributed by atoms with Crippen LogP contribution in [0.15, 0.2) is 0 Å². The van der Waals surface area contributed by atoms with Gasteiger partial charge in [0.1, 0.15) is 0 Å². The quantitative estimate of drug-likeness (QED) is 0.182. The van der Waals surface area contributed by atoms with Gasteiger partial charge in [0.2, 0.25) is 5.91 Å². The summed E-state index contributed by atoms with van der Waals surface area (Å²) in [5.41, 5.74) is 0. The van der Waals surface area contributed by atoms with E-state index >= 15 is 0 Å². The van der Waals surface area contributed by atoms with E-state index in [1.165, 1.54) is 21.1 Å². The molecule has 0 aromatic carbocycles. The molecule has 0 aliphatic heterocycles. The Labute approximate surface area is 136 Å². The average Bonchev–Trinajstić information content (AvgIpc) is 2.52. The molecule has 0 aromatic heterocycles. The Balaban J connectivity index is 3.27. The van der Waals surface area contributed by atoms with Gasteiger partial charge < -0.3 is 19.5 Å². The summed E-state index contributed by atoms with van der Waals surface area (Å²) >= 11 is 0. The highest BCUT2D eigenvalue weighted by atomic mass is 31.2. The number of carbonyl (C=O) groups is 1. The van der Waals surface area contributed by atoms with E-state index in [-0.39, 0.29) is 19.1 Å². The van der Waals surface area contributed by atoms with Crippen molar-refractivity contribution in [1.29, 1.82) is 0 Å². The first-order valence-corrected chi connectivity index (χ1v) is 8.50. The predicted octanol–water partition coefficient (Wildman–Crippen LogP) is 0.521. The molecule has 0 spiro atoms. The van der Waals surface area contributed by atoms with Gasteiger partial charge >= 0.3 is 7.82 Å². The third-order valence-electron chi connectivity index (χ3n) is 2.23. The first kappa shape index (κ1) is 22.4. The van der Waals surface area contributed by atoms with E-state index < -0.39 is 7.82 Å². The van der Waals surface area contributed by atoms with Crippen molar-refractivity contribution in [2.45, 2.75) is 6.92 Å². The van der Waals surface area contributed by atoms with Crippen LogP contribution in [0.25, 0.3) is 0 Å². The third kappa shape index (κ3) is 14.7. The van der Waals surface area contributed by atoms with Gasteiger partial charge in [0.15, 0.2) is 0 Å². The lowest BCUT2D eigenvalue weighted by atomic mass is 10.6. The van der Waals surface area contributed by atoms with Crippen molar-refractivity contribution < 1.29 is 42.2 Å². The molecule has 1 amide bonds. The Bertz CT molecular complexity index is 342. The average molecular weight is 359 g/mol. The fourth-order valence-corrected chi connectivity index (χ4v) is 1.94. The van der Waals surface area contributed by atoms with Crippen molar-refractivity contribution in [2.24, 2.45) is 0 Å². The Morgan fingerprint density at radius 1 is 0.913 bits per heavy atom. The Morgan fingerprint density at radius 3 is 1.91 bits per heavy atom. The highest BCUT2D eigenvalue weighted by Crippen LogP contribution is 2.48. The van der Waals surface area contributed by atoms with E-state index in [0.29, 0.717) is 39.6 Å². The van der Waals surface area contributed by atoms with Crippen LogP contribution in [0.3, 0.4) is 0 Å². The summed E-state index contributed by atoms with van der Waals surface area (Å²) in [5, 5.41) is 2.62. The van der Waals surface area contributed by atoms with Crippen LogP contribution >= 0.6 is 7.82 Å². The summed E-state index contributed by atoms with van der Waals surface area (Å²) in [6, 6.07) is 0. The molecule has 0 aliphatic carbocycles. The van der Waals surface area contributed by atoms with Crippen molar-refractivity contribution >= 4 is 13.7 Å². The topological polar surface area (TPSA) is 111 Å². The fourth-order valence-electron chi connectivity index (χ4n) is 1.25. The second-order valence-corrected chi connectivity index (χ2v) is 5.69. The molecule has 0 saturated heterocycles. The molecule has 0 radical (unpaired) electrons. The molecule has 0 bridgehead atoms. The SMILES string of the molecule is COOP(=O)(OC)OCCOCCOCCOCCNC(C)=O. The van der Waals surface area contributed by atoms with Gasteiger partial charge in [-0.15, -0.1) is 4.67 Å². The van der Waals surface area contributed by atoms with E-state index in [0.717, 1.165) is 0 Å². The maximum Gasteiger partial charge on any atom is 0.501 e. The van der Waals surface area contributed by atoms with E-state index in [1.54, 1.807) is 0 Å². The van der Waals surface area contributed by atoms with Crippen LogP contribution in [0.5, 0.6) is 0 Å². The summed E-state index contributed by atoms with van der Waals surface area (Å²) in [7, 11) is -1.27. The molecule has 11 heteroatoms. The largest absolute Gasteiger partial charge is 0.501 e. The van der Waals surface area contributed by atoms with Crippen LogP contribution in [0, 0.1) is 0 Å². The number of nitrogens with one attached hydrogen (secondary N) is 1. The van der Waals surface area contributed by atoms with Gasteiger partial charge in [0, 0.05) is 20.6 Å². The van der Waals surface area contributed by atoms with Crippen molar-refractivity contribution in [3.05, 3.63) is 0 Å². The molecule has 0 heterocycles. The smallest absolute Gasteiger partial charge is 0.377 e. The zero-order chi connectivity index (χ0) is 17.4. The van der Waals surface area contributed by atoms with Gasteiger partial charge in [0.05, 0.1) is 53.4 Å². The minimum absolute atomic E-state index is 0.0285.